The fourth-order valence-electron chi connectivity index (χ4n) is 3.73. The number of carbonyl (C=O) groups excluding carboxylic acids is 2. The molecule has 2 amide bonds. The van der Waals surface area contributed by atoms with Gasteiger partial charge in [0.1, 0.15) is 0 Å². The third-order valence-corrected chi connectivity index (χ3v) is 5.31. The van der Waals surface area contributed by atoms with E-state index in [2.05, 4.69) is 19.1 Å². The first kappa shape index (κ1) is 15.9. The molecule has 1 aromatic heterocycles. The number of nitrogens with zero attached hydrogens (tertiary/aromatic N) is 2. The number of benzene rings is 1. The molecule has 5 heteroatoms. The van der Waals surface area contributed by atoms with E-state index in [-0.39, 0.29) is 17.7 Å². The van der Waals surface area contributed by atoms with Crippen molar-refractivity contribution in [3.8, 4) is 0 Å². The highest BCUT2D eigenvalue weighted by Crippen LogP contribution is 2.49. The average molecular weight is 338 g/mol. The van der Waals surface area contributed by atoms with Gasteiger partial charge in [-0.15, -0.1) is 0 Å². The molecule has 2 aromatic rings. The Kier molecular flexibility index (Phi) is 4.07. The van der Waals surface area contributed by atoms with Crippen LogP contribution in [0.4, 0.5) is 0 Å². The zero-order chi connectivity index (χ0) is 17.4. The van der Waals surface area contributed by atoms with Crippen molar-refractivity contribution in [2.24, 2.45) is 5.92 Å². The largest absolute Gasteiger partial charge is 0.459 e. The molecule has 1 aromatic carbocycles. The molecule has 1 saturated heterocycles. The molecule has 4 rings (SSSR count). The van der Waals surface area contributed by atoms with Crippen LogP contribution in [0.5, 0.6) is 0 Å². The Labute approximate surface area is 147 Å². The minimum absolute atomic E-state index is 0.0960. The zero-order valence-corrected chi connectivity index (χ0v) is 14.4. The summed E-state index contributed by atoms with van der Waals surface area (Å²) in [6, 6.07) is 11.7. The smallest absolute Gasteiger partial charge is 0.289 e. The predicted molar refractivity (Wildman–Crippen MR) is 93.2 cm³/mol. The van der Waals surface area contributed by atoms with Crippen molar-refractivity contribution >= 4 is 11.8 Å². The van der Waals surface area contributed by atoms with E-state index in [0.717, 1.165) is 6.42 Å². The van der Waals surface area contributed by atoms with Gasteiger partial charge in [-0.2, -0.15) is 0 Å². The Balaban J connectivity index is 1.33. The molecule has 1 aliphatic heterocycles. The van der Waals surface area contributed by atoms with Gasteiger partial charge in [-0.1, -0.05) is 24.3 Å². The van der Waals surface area contributed by atoms with E-state index in [9.17, 15) is 9.59 Å². The average Bonchev–Trinajstić information content (AvgIpc) is 3.24. The summed E-state index contributed by atoms with van der Waals surface area (Å²) in [5.41, 5.74) is 2.56. The summed E-state index contributed by atoms with van der Waals surface area (Å²) in [5.74, 6) is 0.964. The molecular weight excluding hydrogens is 316 g/mol. The maximum absolute atomic E-state index is 12.8. The van der Waals surface area contributed by atoms with Gasteiger partial charge in [0.15, 0.2) is 5.76 Å². The molecule has 0 unspecified atom stereocenters. The molecular formula is C20H22N2O3. The summed E-state index contributed by atoms with van der Waals surface area (Å²) in [7, 11) is 0. The quantitative estimate of drug-likeness (QED) is 0.865. The molecule has 0 N–H and O–H groups in total. The van der Waals surface area contributed by atoms with Gasteiger partial charge in [-0.05, 0) is 42.5 Å². The number of aryl methyl sites for hydroxylation is 1. The van der Waals surface area contributed by atoms with Crippen molar-refractivity contribution < 1.29 is 14.0 Å². The highest BCUT2D eigenvalue weighted by Gasteiger charge is 2.46. The van der Waals surface area contributed by atoms with Gasteiger partial charge in [0.25, 0.3) is 5.91 Å². The fourth-order valence-corrected chi connectivity index (χ4v) is 3.73. The van der Waals surface area contributed by atoms with E-state index < -0.39 is 0 Å². The maximum Gasteiger partial charge on any atom is 0.289 e. The van der Waals surface area contributed by atoms with Crippen molar-refractivity contribution in [1.82, 2.24) is 9.80 Å². The fraction of sp³-hybridized carbons (Fsp3) is 0.400. The molecule has 25 heavy (non-hydrogen) atoms. The van der Waals surface area contributed by atoms with Gasteiger partial charge in [0.05, 0.1) is 6.26 Å². The number of hydrogen-bond donors (Lipinski definition) is 0. The highest BCUT2D eigenvalue weighted by molar-refractivity contribution is 5.91. The summed E-state index contributed by atoms with van der Waals surface area (Å²) in [6.07, 6.45) is 2.45. The zero-order valence-electron chi connectivity index (χ0n) is 14.4. The topological polar surface area (TPSA) is 53.8 Å². The number of amides is 2. The maximum atomic E-state index is 12.8. The van der Waals surface area contributed by atoms with Crippen LogP contribution < -0.4 is 0 Å². The van der Waals surface area contributed by atoms with Crippen molar-refractivity contribution in [1.29, 1.82) is 0 Å². The van der Waals surface area contributed by atoms with Crippen LogP contribution in [0.25, 0.3) is 0 Å². The molecule has 2 atom stereocenters. The van der Waals surface area contributed by atoms with E-state index in [4.69, 9.17) is 4.42 Å². The van der Waals surface area contributed by atoms with Crippen LogP contribution in [0.2, 0.25) is 0 Å². The third kappa shape index (κ3) is 3.06. The van der Waals surface area contributed by atoms with Crippen molar-refractivity contribution in [3.05, 3.63) is 59.5 Å². The van der Waals surface area contributed by atoms with Crippen LogP contribution in [-0.4, -0.2) is 47.8 Å². The lowest BCUT2D eigenvalue weighted by molar-refractivity contribution is -0.134. The van der Waals surface area contributed by atoms with E-state index in [1.54, 1.807) is 17.0 Å². The monoisotopic (exact) mass is 338 g/mol. The first-order valence-corrected chi connectivity index (χ1v) is 8.82. The molecule has 2 aliphatic rings. The lowest BCUT2D eigenvalue weighted by Crippen LogP contribution is -2.51. The van der Waals surface area contributed by atoms with Crippen LogP contribution in [0, 0.1) is 12.8 Å². The van der Waals surface area contributed by atoms with Crippen LogP contribution >= 0.6 is 0 Å². The normalized spacial score (nSPS) is 22.8. The van der Waals surface area contributed by atoms with Gasteiger partial charge in [-0.3, -0.25) is 9.59 Å². The first-order valence-electron chi connectivity index (χ1n) is 8.82. The number of hydrogen-bond acceptors (Lipinski definition) is 3. The lowest BCUT2D eigenvalue weighted by Gasteiger charge is -2.34. The summed E-state index contributed by atoms with van der Waals surface area (Å²) in [5, 5.41) is 0. The van der Waals surface area contributed by atoms with Gasteiger partial charge in [-0.25, -0.2) is 0 Å². The Bertz CT molecular complexity index is 776. The second-order valence-electron chi connectivity index (χ2n) is 6.90. The minimum Gasteiger partial charge on any atom is -0.459 e. The number of piperazine rings is 1. The summed E-state index contributed by atoms with van der Waals surface area (Å²) < 4.78 is 5.17. The SMILES string of the molecule is Cc1ccccc1[C@H]1C[C@H]1C(=O)N1CCN(C(=O)c2ccco2)CC1. The van der Waals surface area contributed by atoms with Crippen molar-refractivity contribution in [2.75, 3.05) is 26.2 Å². The Morgan fingerprint density at radius 2 is 1.72 bits per heavy atom. The van der Waals surface area contributed by atoms with Gasteiger partial charge < -0.3 is 14.2 Å². The Morgan fingerprint density at radius 1 is 1.00 bits per heavy atom. The molecule has 2 heterocycles. The van der Waals surface area contributed by atoms with E-state index in [0.29, 0.717) is 37.9 Å². The number of carbonyl (C=O) groups is 2. The summed E-state index contributed by atoms with van der Waals surface area (Å²) in [4.78, 5) is 28.7. The van der Waals surface area contributed by atoms with Crippen LogP contribution in [0.1, 0.15) is 34.0 Å². The molecule has 130 valence electrons. The molecule has 0 bridgehead atoms. The van der Waals surface area contributed by atoms with Crippen LogP contribution in [0.15, 0.2) is 47.1 Å². The minimum atomic E-state index is -0.0960. The van der Waals surface area contributed by atoms with Crippen molar-refractivity contribution in [2.45, 2.75) is 19.3 Å². The molecule has 1 aliphatic carbocycles. The lowest BCUT2D eigenvalue weighted by atomic mass is 10.0. The second-order valence-corrected chi connectivity index (χ2v) is 6.90. The van der Waals surface area contributed by atoms with E-state index >= 15 is 0 Å². The van der Waals surface area contributed by atoms with Crippen LogP contribution in [-0.2, 0) is 4.79 Å². The molecule has 2 fully saturated rings. The first-order chi connectivity index (χ1) is 12.1. The van der Waals surface area contributed by atoms with E-state index in [1.165, 1.54) is 17.4 Å². The van der Waals surface area contributed by atoms with Gasteiger partial charge in [0.2, 0.25) is 5.91 Å². The molecule has 5 nitrogen and oxygen atoms in total. The van der Waals surface area contributed by atoms with Gasteiger partial charge >= 0.3 is 0 Å². The Hall–Kier alpha value is -2.56. The molecule has 0 radical (unpaired) electrons. The van der Waals surface area contributed by atoms with Crippen LogP contribution in [0.3, 0.4) is 0 Å². The number of rotatable bonds is 3. The third-order valence-electron chi connectivity index (χ3n) is 5.31. The summed E-state index contributed by atoms with van der Waals surface area (Å²) >= 11 is 0. The predicted octanol–water partition coefficient (Wildman–Crippen LogP) is 2.68. The van der Waals surface area contributed by atoms with Crippen molar-refractivity contribution in [3.63, 3.8) is 0 Å². The molecule has 0 spiro atoms. The summed E-state index contributed by atoms with van der Waals surface area (Å²) in [6.45, 7) is 4.43. The Morgan fingerprint density at radius 3 is 2.40 bits per heavy atom. The van der Waals surface area contributed by atoms with E-state index in [1.807, 2.05) is 17.0 Å². The standard InChI is InChI=1S/C20H22N2O3/c1-14-5-2-3-6-15(14)16-13-17(16)19(23)21-8-10-22(11-9-21)20(24)18-7-4-12-25-18/h2-7,12,16-17H,8-11,13H2,1H3/t16-,17-/m1/s1. The molecule has 1 saturated carbocycles. The second kappa shape index (κ2) is 6.39. The highest BCUT2D eigenvalue weighted by atomic mass is 16.3. The van der Waals surface area contributed by atoms with Gasteiger partial charge in [0, 0.05) is 32.1 Å². The number of furan rings is 1.